The van der Waals surface area contributed by atoms with Crippen molar-refractivity contribution < 1.29 is 27.5 Å². The van der Waals surface area contributed by atoms with Gasteiger partial charge < -0.3 is 20.7 Å². The van der Waals surface area contributed by atoms with Gasteiger partial charge >= 0.3 is 12.4 Å². The molecule has 3 N–H and O–H groups in total. The molecule has 1 atom stereocenters. The minimum atomic E-state index is -4.82. The molecule has 3 amide bonds. The number of carbonyl (C=O) groups excluding carboxylic acids is 2. The first-order valence-electron chi connectivity index (χ1n) is 9.15. The molecule has 160 valence electrons. The van der Waals surface area contributed by atoms with E-state index in [0.29, 0.717) is 16.9 Å². The van der Waals surface area contributed by atoms with E-state index in [2.05, 4.69) is 25.8 Å². The topological polar surface area (TPSA) is 97.3 Å². The number of anilines is 1. The van der Waals surface area contributed by atoms with Crippen LogP contribution in [0.3, 0.4) is 0 Å². The summed E-state index contributed by atoms with van der Waals surface area (Å²) in [5.41, 5.74) is 1.47. The number of aromatic nitrogens is 2. The summed E-state index contributed by atoms with van der Waals surface area (Å²) in [7, 11) is 0. The summed E-state index contributed by atoms with van der Waals surface area (Å²) in [4.78, 5) is 23.7. The third-order valence-corrected chi connectivity index (χ3v) is 4.41. The van der Waals surface area contributed by atoms with Crippen LogP contribution in [0.2, 0.25) is 0 Å². The Labute approximate surface area is 174 Å². The fourth-order valence-corrected chi connectivity index (χ4v) is 3.09. The average molecular weight is 431 g/mol. The Morgan fingerprint density at radius 2 is 1.90 bits per heavy atom. The quantitative estimate of drug-likeness (QED) is 0.579. The van der Waals surface area contributed by atoms with Gasteiger partial charge in [-0.15, -0.1) is 18.3 Å². The minimum absolute atomic E-state index is 0.133. The maximum absolute atomic E-state index is 12.6. The maximum atomic E-state index is 12.6. The molecule has 31 heavy (non-hydrogen) atoms. The van der Waals surface area contributed by atoms with Gasteiger partial charge in [-0.25, -0.2) is 9.48 Å². The number of nitrogens with one attached hydrogen (secondary N) is 3. The molecule has 4 rings (SSSR count). The molecule has 0 spiro atoms. The first kappa shape index (κ1) is 20.3. The minimum Gasteiger partial charge on any atom is -0.406 e. The number of rotatable bonds is 5. The van der Waals surface area contributed by atoms with Gasteiger partial charge in [-0.05, 0) is 24.3 Å². The Hall–Kier alpha value is -4.02. The molecule has 3 aromatic rings. The molecule has 2 aromatic carbocycles. The number of halogens is 3. The summed E-state index contributed by atoms with van der Waals surface area (Å²) in [6.45, 7) is 0.133. The Morgan fingerprint density at radius 1 is 1.13 bits per heavy atom. The molecule has 0 aliphatic carbocycles. The highest BCUT2D eigenvalue weighted by molar-refractivity contribution is 5.98. The maximum Gasteiger partial charge on any atom is 0.573 e. The second kappa shape index (κ2) is 8.01. The number of amides is 3. The zero-order chi connectivity index (χ0) is 22.0. The summed E-state index contributed by atoms with van der Waals surface area (Å²) < 4.78 is 43.4. The second-order valence-corrected chi connectivity index (χ2v) is 6.63. The van der Waals surface area contributed by atoms with Crippen LogP contribution in [0.5, 0.6) is 5.75 Å². The van der Waals surface area contributed by atoms with Crippen LogP contribution < -0.4 is 20.7 Å². The fourth-order valence-electron chi connectivity index (χ4n) is 3.09. The van der Waals surface area contributed by atoms with E-state index in [0.717, 1.165) is 0 Å². The Balaban J connectivity index is 1.69. The highest BCUT2D eigenvalue weighted by atomic mass is 19.4. The standard InChI is InChI=1S/C20H16F3N5O3/c21-20(22,23)31-14-8-4-5-12(9-14)16-10-17(26-18(29)15-11-24-19(30)25-15)27-28(16)13-6-2-1-3-7-13/h1-10,15H,11H2,(H2,24,25,30)(H,26,27,29)/t15-/m0/s1. The molecule has 11 heteroatoms. The highest BCUT2D eigenvalue weighted by Crippen LogP contribution is 2.31. The molecular formula is C20H16F3N5O3. The predicted octanol–water partition coefficient (Wildman–Crippen LogP) is 3.06. The van der Waals surface area contributed by atoms with E-state index >= 15 is 0 Å². The molecule has 1 aromatic heterocycles. The zero-order valence-corrected chi connectivity index (χ0v) is 15.8. The van der Waals surface area contributed by atoms with Gasteiger partial charge in [0.15, 0.2) is 5.82 Å². The Kier molecular flexibility index (Phi) is 5.24. The van der Waals surface area contributed by atoms with Gasteiger partial charge in [0.1, 0.15) is 11.8 Å². The van der Waals surface area contributed by atoms with Crippen LogP contribution in [-0.4, -0.2) is 40.7 Å². The van der Waals surface area contributed by atoms with Crippen LogP contribution in [0, 0.1) is 0 Å². The molecule has 0 radical (unpaired) electrons. The monoisotopic (exact) mass is 431 g/mol. The van der Waals surface area contributed by atoms with E-state index in [4.69, 9.17) is 0 Å². The van der Waals surface area contributed by atoms with Gasteiger partial charge in [-0.3, -0.25) is 4.79 Å². The summed E-state index contributed by atoms with van der Waals surface area (Å²) in [6, 6.07) is 14.7. The number of ether oxygens (including phenoxy) is 1. The lowest BCUT2D eigenvalue weighted by Crippen LogP contribution is -2.38. The van der Waals surface area contributed by atoms with E-state index in [-0.39, 0.29) is 18.1 Å². The highest BCUT2D eigenvalue weighted by Gasteiger charge is 2.31. The van der Waals surface area contributed by atoms with Crippen molar-refractivity contribution in [1.82, 2.24) is 20.4 Å². The van der Waals surface area contributed by atoms with E-state index in [9.17, 15) is 22.8 Å². The summed E-state index contributed by atoms with van der Waals surface area (Å²) in [5, 5.41) is 12.0. The molecule has 8 nitrogen and oxygen atoms in total. The molecule has 0 saturated carbocycles. The summed E-state index contributed by atoms with van der Waals surface area (Å²) in [6.07, 6.45) is -4.82. The third-order valence-electron chi connectivity index (χ3n) is 4.41. The van der Waals surface area contributed by atoms with Gasteiger partial charge in [-0.1, -0.05) is 30.3 Å². The number of hydrogen-bond acceptors (Lipinski definition) is 4. The van der Waals surface area contributed by atoms with Crippen LogP contribution in [0.25, 0.3) is 16.9 Å². The smallest absolute Gasteiger partial charge is 0.406 e. The third kappa shape index (κ3) is 4.77. The number of urea groups is 1. The number of para-hydroxylation sites is 1. The largest absolute Gasteiger partial charge is 0.573 e. The molecule has 1 aliphatic rings. The van der Waals surface area contributed by atoms with Crippen molar-refractivity contribution >= 4 is 17.8 Å². The molecule has 0 unspecified atom stereocenters. The Morgan fingerprint density at radius 3 is 2.58 bits per heavy atom. The molecule has 1 aliphatic heterocycles. The van der Waals surface area contributed by atoms with Gasteiger partial charge in [0.05, 0.1) is 11.4 Å². The second-order valence-electron chi connectivity index (χ2n) is 6.63. The van der Waals surface area contributed by atoms with Gasteiger partial charge in [0.25, 0.3) is 0 Å². The first-order valence-corrected chi connectivity index (χ1v) is 9.15. The van der Waals surface area contributed by atoms with Crippen LogP contribution in [0.15, 0.2) is 60.7 Å². The summed E-state index contributed by atoms with van der Waals surface area (Å²) >= 11 is 0. The van der Waals surface area contributed by atoms with Crippen molar-refractivity contribution in [2.24, 2.45) is 0 Å². The molecule has 1 fully saturated rings. The van der Waals surface area contributed by atoms with Gasteiger partial charge in [0, 0.05) is 18.2 Å². The SMILES string of the molecule is O=C1NC[C@@H](C(=O)Nc2cc(-c3cccc(OC(F)(F)F)c3)n(-c3ccccc3)n2)N1. The lowest BCUT2D eigenvalue weighted by molar-refractivity contribution is -0.274. The van der Waals surface area contributed by atoms with Crippen LogP contribution in [0.4, 0.5) is 23.8 Å². The van der Waals surface area contributed by atoms with E-state index in [1.54, 1.807) is 30.3 Å². The number of carbonyl (C=O) groups is 2. The molecule has 0 bridgehead atoms. The van der Waals surface area contributed by atoms with Crippen molar-refractivity contribution in [3.8, 4) is 22.7 Å². The number of benzene rings is 2. The van der Waals surface area contributed by atoms with E-state index < -0.39 is 24.3 Å². The number of nitrogens with zero attached hydrogens (tertiary/aromatic N) is 2. The lowest BCUT2D eigenvalue weighted by atomic mass is 10.1. The fraction of sp³-hybridized carbons (Fsp3) is 0.150. The van der Waals surface area contributed by atoms with Crippen LogP contribution in [0.1, 0.15) is 0 Å². The molecular weight excluding hydrogens is 415 g/mol. The van der Waals surface area contributed by atoms with Crippen molar-refractivity contribution in [2.45, 2.75) is 12.4 Å². The molecule has 1 saturated heterocycles. The first-order chi connectivity index (χ1) is 14.8. The van der Waals surface area contributed by atoms with Crippen LogP contribution in [-0.2, 0) is 4.79 Å². The zero-order valence-electron chi connectivity index (χ0n) is 15.8. The van der Waals surface area contributed by atoms with Gasteiger partial charge in [0.2, 0.25) is 5.91 Å². The molecule has 2 heterocycles. The van der Waals surface area contributed by atoms with Crippen molar-refractivity contribution in [3.63, 3.8) is 0 Å². The van der Waals surface area contributed by atoms with Gasteiger partial charge in [-0.2, -0.15) is 0 Å². The van der Waals surface area contributed by atoms with E-state index in [1.807, 2.05) is 6.07 Å². The van der Waals surface area contributed by atoms with Crippen molar-refractivity contribution in [1.29, 1.82) is 0 Å². The van der Waals surface area contributed by atoms with Crippen LogP contribution >= 0.6 is 0 Å². The predicted molar refractivity (Wildman–Crippen MR) is 105 cm³/mol. The average Bonchev–Trinajstić information content (AvgIpc) is 3.34. The van der Waals surface area contributed by atoms with Crippen molar-refractivity contribution in [3.05, 3.63) is 60.7 Å². The van der Waals surface area contributed by atoms with Crippen molar-refractivity contribution in [2.75, 3.05) is 11.9 Å². The number of hydrogen-bond donors (Lipinski definition) is 3. The van der Waals surface area contributed by atoms with E-state index in [1.165, 1.54) is 28.9 Å². The normalized spacial score (nSPS) is 15.8. The summed E-state index contributed by atoms with van der Waals surface area (Å²) in [5.74, 6) is -0.681. The Bertz CT molecular complexity index is 1110. The number of alkyl halides is 3. The lowest BCUT2D eigenvalue weighted by Gasteiger charge is -2.11.